The van der Waals surface area contributed by atoms with Gasteiger partial charge in [0.25, 0.3) is 0 Å². The number of nitrogens with one attached hydrogen (secondary N) is 1. The molecule has 2 heterocycles. The average molecular weight is 593 g/mol. The number of hydrogen-bond acceptors (Lipinski definition) is 5. The van der Waals surface area contributed by atoms with Gasteiger partial charge in [0.05, 0.1) is 36.3 Å². The predicted octanol–water partition coefficient (Wildman–Crippen LogP) is 8.61. The maximum Gasteiger partial charge on any atom is 0.446 e. The smallest absolute Gasteiger partial charge is 0.384 e. The van der Waals surface area contributed by atoms with E-state index in [1.165, 1.54) is 11.8 Å². The van der Waals surface area contributed by atoms with Crippen LogP contribution in [0.15, 0.2) is 41.6 Å². The van der Waals surface area contributed by atoms with E-state index in [4.69, 9.17) is 34.2 Å². The first-order chi connectivity index (χ1) is 16.2. The van der Waals surface area contributed by atoms with Gasteiger partial charge in [-0.3, -0.25) is 4.57 Å². The van der Waals surface area contributed by atoms with Gasteiger partial charge in [0, 0.05) is 18.1 Å². The Labute approximate surface area is 219 Å². The molecule has 0 spiro atoms. The number of halogens is 8. The van der Waals surface area contributed by atoms with Crippen LogP contribution in [0, 0.1) is 11.3 Å². The molecule has 0 aliphatic heterocycles. The highest BCUT2D eigenvalue weighted by Gasteiger charge is 2.35. The summed E-state index contributed by atoms with van der Waals surface area (Å²) in [5.41, 5.74) is 0.390. The fraction of sp³-hybridized carbons (Fsp3) is 0.250. The van der Waals surface area contributed by atoms with Gasteiger partial charge in [-0.2, -0.15) is 31.6 Å². The molecule has 190 valence electrons. The molecule has 1 aromatic carbocycles. The quantitative estimate of drug-likeness (QED) is 0.176. The SMILES string of the molecule is CSC(SC)c1ccc[nH]1.N#Cc1cn(-c2c(Cl)cc(C(F)(F)F)cc2Cl)c(N)c1SC(F)(F)F. The van der Waals surface area contributed by atoms with Crippen LogP contribution in [0.4, 0.5) is 32.2 Å². The molecule has 0 saturated carbocycles. The van der Waals surface area contributed by atoms with Crippen molar-refractivity contribution in [2.75, 3.05) is 18.2 Å². The van der Waals surface area contributed by atoms with Gasteiger partial charge in [0.2, 0.25) is 0 Å². The molecule has 35 heavy (non-hydrogen) atoms. The van der Waals surface area contributed by atoms with Crippen LogP contribution in [0.25, 0.3) is 5.69 Å². The minimum atomic E-state index is -4.72. The molecular weight excluding hydrogens is 577 g/mol. The number of alkyl halides is 6. The number of thioether (sulfide) groups is 3. The van der Waals surface area contributed by atoms with Crippen molar-refractivity contribution in [3.05, 3.63) is 63.5 Å². The third kappa shape index (κ3) is 7.63. The van der Waals surface area contributed by atoms with Crippen molar-refractivity contribution in [2.45, 2.75) is 21.2 Å². The number of nitrogens with two attached hydrogens (primary N) is 1. The van der Waals surface area contributed by atoms with E-state index >= 15 is 0 Å². The summed E-state index contributed by atoms with van der Waals surface area (Å²) in [7, 11) is 0. The van der Waals surface area contributed by atoms with Gasteiger partial charge in [-0.25, -0.2) is 0 Å². The van der Waals surface area contributed by atoms with Crippen LogP contribution < -0.4 is 5.73 Å². The van der Waals surface area contributed by atoms with Crippen molar-refractivity contribution >= 4 is 64.3 Å². The van der Waals surface area contributed by atoms with E-state index in [-0.39, 0.29) is 5.69 Å². The van der Waals surface area contributed by atoms with E-state index in [9.17, 15) is 26.3 Å². The fourth-order valence-electron chi connectivity index (χ4n) is 2.79. The highest BCUT2D eigenvalue weighted by molar-refractivity contribution is 8.15. The van der Waals surface area contributed by atoms with E-state index in [0.29, 0.717) is 16.7 Å². The van der Waals surface area contributed by atoms with Gasteiger partial charge in [-0.05, 0) is 48.5 Å². The van der Waals surface area contributed by atoms with E-state index in [1.807, 2.05) is 35.8 Å². The number of aromatic nitrogens is 2. The van der Waals surface area contributed by atoms with Crippen LogP contribution in [0.3, 0.4) is 0 Å². The van der Waals surface area contributed by atoms with Gasteiger partial charge >= 0.3 is 11.7 Å². The first-order valence-electron chi connectivity index (χ1n) is 9.15. The summed E-state index contributed by atoms with van der Waals surface area (Å²) in [6.45, 7) is 0. The summed E-state index contributed by atoms with van der Waals surface area (Å²) >= 11 is 14.7. The van der Waals surface area contributed by atoms with Crippen LogP contribution in [0.5, 0.6) is 0 Å². The molecule has 3 N–H and O–H groups in total. The number of nitriles is 1. The molecule has 0 radical (unpaired) electrons. The highest BCUT2D eigenvalue weighted by Crippen LogP contribution is 2.45. The molecule has 4 nitrogen and oxygen atoms in total. The Kier molecular flexibility index (Phi) is 10.1. The van der Waals surface area contributed by atoms with E-state index in [0.717, 1.165) is 10.8 Å². The zero-order chi connectivity index (χ0) is 26.6. The van der Waals surface area contributed by atoms with E-state index in [2.05, 4.69) is 23.6 Å². The van der Waals surface area contributed by atoms with Crippen LogP contribution in [-0.4, -0.2) is 27.6 Å². The molecule has 15 heteroatoms. The van der Waals surface area contributed by atoms with Crippen molar-refractivity contribution in [1.82, 2.24) is 9.55 Å². The highest BCUT2D eigenvalue weighted by atomic mass is 35.5. The lowest BCUT2D eigenvalue weighted by atomic mass is 10.2. The van der Waals surface area contributed by atoms with Crippen molar-refractivity contribution in [3.8, 4) is 11.8 Å². The summed E-state index contributed by atoms with van der Waals surface area (Å²) in [5, 5.41) is 7.99. The van der Waals surface area contributed by atoms with Crippen molar-refractivity contribution in [2.24, 2.45) is 0 Å². The first-order valence-corrected chi connectivity index (χ1v) is 13.3. The minimum absolute atomic E-state index is 0.264. The Morgan fingerprint density at radius 1 is 1.09 bits per heavy atom. The normalized spacial score (nSPS) is 11.8. The average Bonchev–Trinajstić information content (AvgIpc) is 3.37. The van der Waals surface area contributed by atoms with Crippen molar-refractivity contribution in [1.29, 1.82) is 5.26 Å². The number of aromatic amines is 1. The number of benzene rings is 1. The molecular formula is C20H16Cl2F6N4S3. The predicted molar refractivity (Wildman–Crippen MR) is 132 cm³/mol. The number of rotatable bonds is 5. The second-order valence-corrected chi connectivity index (χ2v) is 10.6. The number of nitrogens with zero attached hydrogens (tertiary/aromatic N) is 2. The summed E-state index contributed by atoms with van der Waals surface area (Å²) in [6, 6.07) is 6.82. The summed E-state index contributed by atoms with van der Waals surface area (Å²) in [5.74, 6) is -0.526. The second kappa shape index (κ2) is 12.0. The van der Waals surface area contributed by atoms with Gasteiger partial charge in [-0.15, -0.1) is 23.5 Å². The van der Waals surface area contributed by atoms with Gasteiger partial charge in [0.15, 0.2) is 0 Å². The maximum absolute atomic E-state index is 12.7. The lowest BCUT2D eigenvalue weighted by molar-refractivity contribution is -0.137. The monoisotopic (exact) mass is 592 g/mol. The van der Waals surface area contributed by atoms with Crippen molar-refractivity contribution in [3.63, 3.8) is 0 Å². The molecule has 3 aromatic rings. The molecule has 0 unspecified atom stereocenters. The van der Waals surface area contributed by atoms with Crippen LogP contribution in [0.2, 0.25) is 10.0 Å². The van der Waals surface area contributed by atoms with Crippen LogP contribution in [0.1, 0.15) is 21.4 Å². The molecule has 0 bridgehead atoms. The van der Waals surface area contributed by atoms with Gasteiger partial charge < -0.3 is 10.7 Å². The lowest BCUT2D eigenvalue weighted by Crippen LogP contribution is -2.08. The van der Waals surface area contributed by atoms with Crippen LogP contribution in [-0.2, 0) is 6.18 Å². The summed E-state index contributed by atoms with van der Waals surface area (Å²) in [6.07, 6.45) is 2.42. The molecule has 0 aliphatic carbocycles. The number of hydrogen-bond donors (Lipinski definition) is 2. The summed E-state index contributed by atoms with van der Waals surface area (Å²) in [4.78, 5) is 2.60. The molecule has 0 fully saturated rings. The maximum atomic E-state index is 12.7. The van der Waals surface area contributed by atoms with Gasteiger partial charge in [0.1, 0.15) is 11.9 Å². The zero-order valence-corrected chi connectivity index (χ0v) is 21.7. The van der Waals surface area contributed by atoms with Gasteiger partial charge in [-0.1, -0.05) is 23.2 Å². The Hall–Kier alpha value is -1.72. The largest absolute Gasteiger partial charge is 0.446 e. The lowest BCUT2D eigenvalue weighted by Gasteiger charge is -2.14. The van der Waals surface area contributed by atoms with Crippen molar-refractivity contribution < 1.29 is 26.3 Å². The Balaban J connectivity index is 0.000000360. The molecule has 2 aromatic heterocycles. The Bertz CT molecular complexity index is 1160. The van der Waals surface area contributed by atoms with E-state index < -0.39 is 55.3 Å². The fourth-order valence-corrected chi connectivity index (χ4v) is 5.68. The topological polar surface area (TPSA) is 70.5 Å². The molecule has 0 atom stereocenters. The first kappa shape index (κ1) is 29.5. The summed E-state index contributed by atoms with van der Waals surface area (Å²) < 4.78 is 77.5. The molecule has 3 rings (SSSR count). The van der Waals surface area contributed by atoms with Crippen LogP contribution >= 0.6 is 58.5 Å². The Morgan fingerprint density at radius 2 is 1.66 bits per heavy atom. The number of nitrogen functional groups attached to an aromatic ring is 1. The number of anilines is 1. The molecule has 0 saturated heterocycles. The molecule has 0 amide bonds. The van der Waals surface area contributed by atoms with E-state index in [1.54, 1.807) is 0 Å². The Morgan fingerprint density at radius 3 is 2.06 bits per heavy atom. The molecule has 0 aliphatic rings. The second-order valence-electron chi connectivity index (χ2n) is 6.50. The minimum Gasteiger partial charge on any atom is -0.384 e. The third-order valence-corrected chi connectivity index (χ3v) is 8.18. The number of H-pyrrole nitrogens is 1. The standard InChI is InChI=1S/C13H5Cl2F6N3S.C7H11NS2/c14-7-1-6(12(16,17)18)2-8(15)9(7)24-4-5(3-22)10(11(24)23)25-13(19,20)21;1-9-7(10-2)6-4-3-5-8-6/h1-2,4H,23H2;3-5,7-8H,1-2H3. The zero-order valence-electron chi connectivity index (χ0n) is 17.8. The third-order valence-electron chi connectivity index (χ3n) is 4.22.